The van der Waals surface area contributed by atoms with Gasteiger partial charge in [-0.2, -0.15) is 0 Å². The summed E-state index contributed by atoms with van der Waals surface area (Å²) in [5, 5.41) is 3.72. The van der Waals surface area contributed by atoms with Crippen molar-refractivity contribution in [2.75, 3.05) is 13.1 Å². The fraction of sp³-hybridized carbons (Fsp3) is 1.00. The van der Waals surface area contributed by atoms with Crippen LogP contribution in [0, 0.1) is 17.8 Å². The van der Waals surface area contributed by atoms with Crippen molar-refractivity contribution in [3.8, 4) is 0 Å². The zero-order valence-corrected chi connectivity index (χ0v) is 10.6. The van der Waals surface area contributed by atoms with Crippen LogP contribution in [0.5, 0.6) is 0 Å². The Morgan fingerprint density at radius 1 is 1.20 bits per heavy atom. The normalized spacial score (nSPS) is 29.4. The highest BCUT2D eigenvalue weighted by Crippen LogP contribution is 2.23. The minimum Gasteiger partial charge on any atom is -0.330 e. The first-order valence-electron chi connectivity index (χ1n) is 6.58. The van der Waals surface area contributed by atoms with E-state index >= 15 is 0 Å². The van der Waals surface area contributed by atoms with Crippen molar-refractivity contribution in [2.24, 2.45) is 23.5 Å². The number of nitrogens with one attached hydrogen (secondary N) is 1. The zero-order chi connectivity index (χ0) is 11.3. The van der Waals surface area contributed by atoms with Crippen LogP contribution in [0.2, 0.25) is 0 Å². The van der Waals surface area contributed by atoms with E-state index in [1.54, 1.807) is 0 Å². The molecule has 2 heteroatoms. The van der Waals surface area contributed by atoms with Crippen LogP contribution in [0.4, 0.5) is 0 Å². The summed E-state index contributed by atoms with van der Waals surface area (Å²) in [5.41, 5.74) is 5.82. The monoisotopic (exact) mass is 212 g/mol. The Morgan fingerprint density at radius 3 is 2.47 bits per heavy atom. The lowest BCUT2D eigenvalue weighted by molar-refractivity contribution is 0.249. The minimum atomic E-state index is 0.685. The van der Waals surface area contributed by atoms with Gasteiger partial charge >= 0.3 is 0 Å². The maximum Gasteiger partial charge on any atom is 0.0107 e. The molecule has 0 amide bonds. The van der Waals surface area contributed by atoms with Gasteiger partial charge in [-0.1, -0.05) is 33.6 Å². The van der Waals surface area contributed by atoms with Gasteiger partial charge in [-0.25, -0.2) is 0 Å². The summed E-state index contributed by atoms with van der Waals surface area (Å²) in [5.74, 6) is 2.26. The Bertz CT molecular complexity index is 168. The Balaban J connectivity index is 2.29. The summed E-state index contributed by atoms with van der Waals surface area (Å²) in [7, 11) is 0. The summed E-state index contributed by atoms with van der Waals surface area (Å²) < 4.78 is 0. The molecule has 3 atom stereocenters. The maximum atomic E-state index is 5.82. The second-order valence-corrected chi connectivity index (χ2v) is 5.52. The van der Waals surface area contributed by atoms with Gasteiger partial charge in [-0.3, -0.25) is 0 Å². The van der Waals surface area contributed by atoms with Crippen molar-refractivity contribution in [1.82, 2.24) is 5.32 Å². The van der Waals surface area contributed by atoms with Crippen LogP contribution >= 0.6 is 0 Å². The van der Waals surface area contributed by atoms with E-state index in [1.807, 2.05) is 0 Å². The highest BCUT2D eigenvalue weighted by molar-refractivity contribution is 4.82. The molecule has 0 spiro atoms. The Labute approximate surface area is 95.0 Å². The SMILES string of the molecule is CC(C)C(C)CNC1CCCCC1CN. The smallest absolute Gasteiger partial charge is 0.0107 e. The van der Waals surface area contributed by atoms with Crippen molar-refractivity contribution in [1.29, 1.82) is 0 Å². The summed E-state index contributed by atoms with van der Waals surface area (Å²) >= 11 is 0. The van der Waals surface area contributed by atoms with Crippen LogP contribution in [-0.4, -0.2) is 19.1 Å². The van der Waals surface area contributed by atoms with E-state index in [1.165, 1.54) is 25.7 Å². The molecule has 2 nitrogen and oxygen atoms in total. The van der Waals surface area contributed by atoms with E-state index in [-0.39, 0.29) is 0 Å². The minimum absolute atomic E-state index is 0.685. The van der Waals surface area contributed by atoms with Crippen molar-refractivity contribution in [3.05, 3.63) is 0 Å². The van der Waals surface area contributed by atoms with Crippen molar-refractivity contribution < 1.29 is 0 Å². The third kappa shape index (κ3) is 4.12. The second kappa shape index (κ2) is 6.49. The molecule has 0 aromatic rings. The first-order valence-corrected chi connectivity index (χ1v) is 6.58. The van der Waals surface area contributed by atoms with Crippen molar-refractivity contribution in [2.45, 2.75) is 52.5 Å². The van der Waals surface area contributed by atoms with Gasteiger partial charge in [0.25, 0.3) is 0 Å². The topological polar surface area (TPSA) is 38.0 Å². The second-order valence-electron chi connectivity index (χ2n) is 5.52. The first-order chi connectivity index (χ1) is 7.15. The van der Waals surface area contributed by atoms with Gasteiger partial charge in [0.2, 0.25) is 0 Å². The molecule has 0 bridgehead atoms. The molecule has 1 rings (SSSR count). The van der Waals surface area contributed by atoms with Crippen LogP contribution in [0.1, 0.15) is 46.5 Å². The van der Waals surface area contributed by atoms with E-state index in [4.69, 9.17) is 5.73 Å². The molecule has 0 aromatic heterocycles. The third-order valence-electron chi connectivity index (χ3n) is 4.05. The van der Waals surface area contributed by atoms with Crippen LogP contribution in [0.3, 0.4) is 0 Å². The standard InChI is InChI=1S/C13H28N2/c1-10(2)11(3)9-15-13-7-5-4-6-12(13)8-14/h10-13,15H,4-9,14H2,1-3H3. The molecule has 3 N–H and O–H groups in total. The van der Waals surface area contributed by atoms with Gasteiger partial charge in [0, 0.05) is 6.04 Å². The molecule has 0 aromatic carbocycles. The molecular formula is C13H28N2. The van der Waals surface area contributed by atoms with Crippen molar-refractivity contribution >= 4 is 0 Å². The van der Waals surface area contributed by atoms with Crippen LogP contribution in [-0.2, 0) is 0 Å². The largest absolute Gasteiger partial charge is 0.330 e. The molecule has 0 saturated heterocycles. The highest BCUT2D eigenvalue weighted by atomic mass is 14.9. The van der Waals surface area contributed by atoms with Gasteiger partial charge in [-0.15, -0.1) is 0 Å². The van der Waals surface area contributed by atoms with Gasteiger partial charge in [-0.05, 0) is 43.7 Å². The zero-order valence-electron chi connectivity index (χ0n) is 10.6. The average Bonchev–Trinajstić information content (AvgIpc) is 2.26. The lowest BCUT2D eigenvalue weighted by Crippen LogP contribution is -2.43. The number of hydrogen-bond acceptors (Lipinski definition) is 2. The average molecular weight is 212 g/mol. The molecule has 3 unspecified atom stereocenters. The first kappa shape index (κ1) is 13.0. The summed E-state index contributed by atoms with van der Waals surface area (Å²) in [4.78, 5) is 0. The van der Waals surface area contributed by atoms with E-state index in [0.29, 0.717) is 6.04 Å². The maximum absolute atomic E-state index is 5.82. The molecule has 0 heterocycles. The summed E-state index contributed by atoms with van der Waals surface area (Å²) in [6, 6.07) is 0.685. The predicted octanol–water partition coefficient (Wildman–Crippen LogP) is 2.39. The number of nitrogens with two attached hydrogens (primary N) is 1. The Morgan fingerprint density at radius 2 is 1.87 bits per heavy atom. The molecule has 1 saturated carbocycles. The predicted molar refractivity (Wildman–Crippen MR) is 66.8 cm³/mol. The Kier molecular flexibility index (Phi) is 5.62. The lowest BCUT2D eigenvalue weighted by atomic mass is 9.84. The fourth-order valence-electron chi connectivity index (χ4n) is 2.33. The number of hydrogen-bond donors (Lipinski definition) is 2. The van der Waals surface area contributed by atoms with Gasteiger partial charge < -0.3 is 11.1 Å². The fourth-order valence-corrected chi connectivity index (χ4v) is 2.33. The van der Waals surface area contributed by atoms with Crippen LogP contribution in [0.15, 0.2) is 0 Å². The molecule has 1 aliphatic rings. The summed E-state index contributed by atoms with van der Waals surface area (Å²) in [6.45, 7) is 8.94. The molecule has 0 radical (unpaired) electrons. The van der Waals surface area contributed by atoms with E-state index < -0.39 is 0 Å². The molecule has 0 aliphatic heterocycles. The third-order valence-corrected chi connectivity index (χ3v) is 4.05. The van der Waals surface area contributed by atoms with Crippen LogP contribution < -0.4 is 11.1 Å². The van der Waals surface area contributed by atoms with E-state index in [0.717, 1.165) is 30.8 Å². The molecule has 15 heavy (non-hydrogen) atoms. The van der Waals surface area contributed by atoms with Crippen molar-refractivity contribution in [3.63, 3.8) is 0 Å². The number of rotatable bonds is 5. The van der Waals surface area contributed by atoms with Gasteiger partial charge in [0.15, 0.2) is 0 Å². The molecular weight excluding hydrogens is 184 g/mol. The van der Waals surface area contributed by atoms with Gasteiger partial charge in [0.05, 0.1) is 0 Å². The quantitative estimate of drug-likeness (QED) is 0.734. The molecule has 1 fully saturated rings. The molecule has 1 aliphatic carbocycles. The van der Waals surface area contributed by atoms with Crippen LogP contribution in [0.25, 0.3) is 0 Å². The van der Waals surface area contributed by atoms with E-state index in [9.17, 15) is 0 Å². The Hall–Kier alpha value is -0.0800. The highest BCUT2D eigenvalue weighted by Gasteiger charge is 2.23. The van der Waals surface area contributed by atoms with Gasteiger partial charge in [0.1, 0.15) is 0 Å². The van der Waals surface area contributed by atoms with E-state index in [2.05, 4.69) is 26.1 Å². The molecule has 90 valence electrons. The summed E-state index contributed by atoms with van der Waals surface area (Å²) in [6.07, 6.45) is 5.40. The lowest BCUT2D eigenvalue weighted by Gasteiger charge is -2.32.